The Hall–Kier alpha value is -1.89. The highest BCUT2D eigenvalue weighted by atomic mass is 16.5. The van der Waals surface area contributed by atoms with Crippen LogP contribution in [0.5, 0.6) is 0 Å². The van der Waals surface area contributed by atoms with E-state index in [4.69, 9.17) is 9.26 Å². The van der Waals surface area contributed by atoms with Gasteiger partial charge in [0.2, 0.25) is 5.91 Å². The number of nitrogens with zero attached hydrogens (tertiary/aromatic N) is 3. The van der Waals surface area contributed by atoms with Crippen LogP contribution in [0.25, 0.3) is 0 Å². The van der Waals surface area contributed by atoms with Gasteiger partial charge >= 0.3 is 0 Å². The molecular formula is C20H31N3O4. The van der Waals surface area contributed by atoms with Gasteiger partial charge in [0.05, 0.1) is 6.20 Å². The fourth-order valence-electron chi connectivity index (χ4n) is 4.44. The predicted octanol–water partition coefficient (Wildman–Crippen LogP) is 2.51. The van der Waals surface area contributed by atoms with Crippen LogP contribution in [-0.2, 0) is 16.0 Å². The van der Waals surface area contributed by atoms with Gasteiger partial charge in [-0.2, -0.15) is 0 Å². The molecule has 150 valence electrons. The molecule has 3 heterocycles. The zero-order valence-electron chi connectivity index (χ0n) is 16.5. The number of amides is 2. The average Bonchev–Trinajstić information content (AvgIpc) is 3.13. The smallest absolute Gasteiger partial charge is 0.259 e. The summed E-state index contributed by atoms with van der Waals surface area (Å²) in [5.41, 5.74) is 0.606. The topological polar surface area (TPSA) is 75.9 Å². The maximum absolute atomic E-state index is 13.1. The third-order valence-electron chi connectivity index (χ3n) is 5.83. The summed E-state index contributed by atoms with van der Waals surface area (Å²) in [5, 5.41) is 3.84. The molecule has 27 heavy (non-hydrogen) atoms. The summed E-state index contributed by atoms with van der Waals surface area (Å²) in [7, 11) is 1.68. The van der Waals surface area contributed by atoms with Crippen LogP contribution in [0.2, 0.25) is 0 Å². The van der Waals surface area contributed by atoms with Crippen molar-refractivity contribution < 1.29 is 18.8 Å². The zero-order valence-corrected chi connectivity index (χ0v) is 16.5. The van der Waals surface area contributed by atoms with Crippen molar-refractivity contribution in [1.29, 1.82) is 0 Å². The van der Waals surface area contributed by atoms with E-state index < -0.39 is 0 Å². The van der Waals surface area contributed by atoms with E-state index >= 15 is 0 Å². The lowest BCUT2D eigenvalue weighted by Crippen LogP contribution is -2.55. The highest BCUT2D eigenvalue weighted by Crippen LogP contribution is 2.39. The van der Waals surface area contributed by atoms with Crippen molar-refractivity contribution in [3.63, 3.8) is 0 Å². The molecule has 0 aromatic carbocycles. The number of likely N-dealkylation sites (tertiary alicyclic amines) is 2. The zero-order chi connectivity index (χ0) is 19.3. The summed E-state index contributed by atoms with van der Waals surface area (Å²) in [6.07, 6.45) is 7.51. The minimum absolute atomic E-state index is 0.0109. The van der Waals surface area contributed by atoms with E-state index in [-0.39, 0.29) is 17.2 Å². The highest BCUT2D eigenvalue weighted by Gasteiger charge is 2.43. The van der Waals surface area contributed by atoms with E-state index in [0.29, 0.717) is 30.9 Å². The van der Waals surface area contributed by atoms with Gasteiger partial charge in [-0.3, -0.25) is 9.59 Å². The Kier molecular flexibility index (Phi) is 6.52. The number of hydrogen-bond donors (Lipinski definition) is 0. The van der Waals surface area contributed by atoms with Crippen molar-refractivity contribution in [3.05, 3.63) is 17.5 Å². The van der Waals surface area contributed by atoms with Crippen molar-refractivity contribution >= 4 is 11.8 Å². The molecule has 2 fully saturated rings. The fraction of sp³-hybridized carbons (Fsp3) is 0.750. The molecular weight excluding hydrogens is 346 g/mol. The predicted molar refractivity (Wildman–Crippen MR) is 100 cm³/mol. The largest absolute Gasteiger partial charge is 0.385 e. The molecule has 1 spiro atoms. The summed E-state index contributed by atoms with van der Waals surface area (Å²) >= 11 is 0. The lowest BCUT2D eigenvalue weighted by atomic mass is 9.73. The van der Waals surface area contributed by atoms with Crippen molar-refractivity contribution in [2.45, 2.75) is 51.9 Å². The van der Waals surface area contributed by atoms with Gasteiger partial charge in [0.25, 0.3) is 5.91 Å². The summed E-state index contributed by atoms with van der Waals surface area (Å²) in [6.45, 7) is 5.66. The number of piperidine rings is 2. The molecule has 0 radical (unpaired) electrons. The van der Waals surface area contributed by atoms with Gasteiger partial charge in [-0.05, 0) is 32.1 Å². The molecule has 0 aliphatic carbocycles. The molecule has 7 nitrogen and oxygen atoms in total. The van der Waals surface area contributed by atoms with Crippen molar-refractivity contribution in [2.24, 2.45) is 5.41 Å². The highest BCUT2D eigenvalue weighted by molar-refractivity contribution is 5.95. The van der Waals surface area contributed by atoms with Gasteiger partial charge in [0, 0.05) is 58.2 Å². The van der Waals surface area contributed by atoms with E-state index in [1.54, 1.807) is 13.3 Å². The van der Waals surface area contributed by atoms with Crippen LogP contribution in [0.3, 0.4) is 0 Å². The molecule has 2 amide bonds. The molecule has 1 atom stereocenters. The Bertz CT molecular complexity index is 659. The molecule has 1 aromatic rings. The normalized spacial score (nSPS) is 23.3. The summed E-state index contributed by atoms with van der Waals surface area (Å²) in [5.74, 6) is 0.924. The van der Waals surface area contributed by atoms with Gasteiger partial charge < -0.3 is 19.1 Å². The number of ether oxygens (including phenoxy) is 1. The third-order valence-corrected chi connectivity index (χ3v) is 5.83. The number of aromatic nitrogens is 1. The van der Waals surface area contributed by atoms with Crippen LogP contribution in [0.4, 0.5) is 0 Å². The van der Waals surface area contributed by atoms with Gasteiger partial charge in [-0.25, -0.2) is 0 Å². The first-order chi connectivity index (χ1) is 13.1. The van der Waals surface area contributed by atoms with Crippen molar-refractivity contribution in [3.8, 4) is 0 Å². The number of carbonyl (C=O) groups is 2. The molecule has 1 aromatic heterocycles. The third kappa shape index (κ3) is 4.51. The molecule has 0 saturated carbocycles. The Balaban J connectivity index is 1.68. The van der Waals surface area contributed by atoms with Crippen molar-refractivity contribution in [2.75, 3.05) is 39.9 Å². The second-order valence-electron chi connectivity index (χ2n) is 7.90. The molecule has 2 aliphatic rings. The lowest BCUT2D eigenvalue weighted by molar-refractivity contribution is -0.139. The number of carbonyl (C=O) groups excluding carboxylic acids is 2. The molecule has 2 aliphatic heterocycles. The fourth-order valence-corrected chi connectivity index (χ4v) is 4.44. The first-order valence-electron chi connectivity index (χ1n) is 10.1. The number of methoxy groups -OCH3 is 1. The van der Waals surface area contributed by atoms with E-state index in [2.05, 4.69) is 12.1 Å². The monoisotopic (exact) mass is 377 g/mol. The first kappa shape index (κ1) is 19.9. The maximum atomic E-state index is 13.1. The summed E-state index contributed by atoms with van der Waals surface area (Å²) in [4.78, 5) is 29.3. The molecule has 0 bridgehead atoms. The van der Waals surface area contributed by atoms with Gasteiger partial charge in [-0.1, -0.05) is 12.1 Å². The number of hydrogen-bond acceptors (Lipinski definition) is 5. The minimum Gasteiger partial charge on any atom is -0.385 e. The second-order valence-corrected chi connectivity index (χ2v) is 7.90. The van der Waals surface area contributed by atoms with Crippen LogP contribution in [0, 0.1) is 5.41 Å². The standard InChI is InChI=1S/C20H31N3O4/c1-3-6-17-16(13-21-27-17)19(25)23-10-4-8-20(15-23)9-7-18(24)22(14-20)11-5-12-26-2/h13H,3-12,14-15H2,1-2H3/t20-/m1/s1. The number of aryl methyl sites for hydroxylation is 1. The Morgan fingerprint density at radius 1 is 1.37 bits per heavy atom. The van der Waals surface area contributed by atoms with Gasteiger partial charge in [0.1, 0.15) is 11.3 Å². The maximum Gasteiger partial charge on any atom is 0.259 e. The van der Waals surface area contributed by atoms with Crippen LogP contribution >= 0.6 is 0 Å². The Labute approximate surface area is 161 Å². The molecule has 3 rings (SSSR count). The Morgan fingerprint density at radius 2 is 2.22 bits per heavy atom. The quantitative estimate of drug-likeness (QED) is 0.683. The molecule has 0 N–H and O–H groups in total. The van der Waals surface area contributed by atoms with Crippen LogP contribution in [0.1, 0.15) is 61.6 Å². The average molecular weight is 377 g/mol. The van der Waals surface area contributed by atoms with Crippen molar-refractivity contribution in [1.82, 2.24) is 15.0 Å². The Morgan fingerprint density at radius 3 is 3.00 bits per heavy atom. The summed E-state index contributed by atoms with van der Waals surface area (Å²) in [6, 6.07) is 0. The van der Waals surface area contributed by atoms with Crippen LogP contribution < -0.4 is 0 Å². The van der Waals surface area contributed by atoms with E-state index in [1.807, 2.05) is 9.80 Å². The van der Waals surface area contributed by atoms with E-state index in [1.165, 1.54) is 0 Å². The summed E-state index contributed by atoms with van der Waals surface area (Å²) < 4.78 is 10.4. The van der Waals surface area contributed by atoms with E-state index in [9.17, 15) is 9.59 Å². The molecule has 7 heteroatoms. The van der Waals surface area contributed by atoms with Gasteiger partial charge in [0.15, 0.2) is 0 Å². The molecule has 2 saturated heterocycles. The lowest BCUT2D eigenvalue weighted by Gasteiger charge is -2.48. The van der Waals surface area contributed by atoms with E-state index in [0.717, 1.165) is 58.2 Å². The SMILES string of the molecule is CCCc1oncc1C(=O)N1CCC[C@]2(CCC(=O)N(CCCOC)C2)C1. The van der Waals surface area contributed by atoms with Crippen LogP contribution in [-0.4, -0.2) is 66.7 Å². The van der Waals surface area contributed by atoms with Crippen LogP contribution in [0.15, 0.2) is 10.7 Å². The minimum atomic E-state index is 0.0109. The number of rotatable bonds is 7. The molecule has 0 unspecified atom stereocenters. The van der Waals surface area contributed by atoms with Gasteiger partial charge in [-0.15, -0.1) is 0 Å². The second kappa shape index (κ2) is 8.87. The first-order valence-corrected chi connectivity index (χ1v) is 10.1.